The lowest BCUT2D eigenvalue weighted by Crippen LogP contribution is -2.26. The van der Waals surface area contributed by atoms with Crippen LogP contribution < -0.4 is 15.8 Å². The first-order chi connectivity index (χ1) is 11.8. The fourth-order valence-electron chi connectivity index (χ4n) is 2.36. The smallest absolute Gasteiger partial charge is 0.262 e. The van der Waals surface area contributed by atoms with Gasteiger partial charge in [-0.25, -0.2) is 8.42 Å². The van der Waals surface area contributed by atoms with Gasteiger partial charge in [0.05, 0.1) is 4.90 Å². The number of carbonyl (C=O) groups excluding carboxylic acids is 1. The summed E-state index contributed by atoms with van der Waals surface area (Å²) in [4.78, 5) is 12.2. The van der Waals surface area contributed by atoms with Gasteiger partial charge in [0, 0.05) is 17.8 Å². The van der Waals surface area contributed by atoms with E-state index >= 15 is 0 Å². The minimum Gasteiger partial charge on any atom is -0.352 e. The summed E-state index contributed by atoms with van der Waals surface area (Å²) in [5.74, 6) is -0.319. The molecule has 0 aromatic heterocycles. The fourth-order valence-corrected chi connectivity index (χ4v) is 3.68. The summed E-state index contributed by atoms with van der Waals surface area (Å²) in [6, 6.07) is 11.7. The second-order valence-corrected chi connectivity index (χ2v) is 7.50. The van der Waals surface area contributed by atoms with E-state index in [-0.39, 0.29) is 23.2 Å². The number of benzene rings is 2. The van der Waals surface area contributed by atoms with Crippen molar-refractivity contribution in [3.8, 4) is 0 Å². The number of aryl methyl sites for hydroxylation is 2. The minimum absolute atomic E-state index is 0. The number of nitrogens with two attached hydrogens (primary N) is 1. The first-order valence-electron chi connectivity index (χ1n) is 8.02. The van der Waals surface area contributed by atoms with Gasteiger partial charge < -0.3 is 11.1 Å². The summed E-state index contributed by atoms with van der Waals surface area (Å²) in [6.45, 7) is 4.51. The lowest BCUT2D eigenvalue weighted by Gasteiger charge is -2.12. The van der Waals surface area contributed by atoms with Crippen LogP contribution in [0.3, 0.4) is 0 Å². The van der Waals surface area contributed by atoms with Gasteiger partial charge in [-0.2, -0.15) is 0 Å². The van der Waals surface area contributed by atoms with E-state index in [0.29, 0.717) is 36.3 Å². The zero-order valence-electron chi connectivity index (χ0n) is 14.8. The standard InChI is InChI=1S/C18H23N3O3S.ClH/c1-13-5-3-6-16(11-13)21-25(23,24)17-12-15(8-7-14(17)2)18(22)20-10-4-9-19;/h3,5-8,11-12,21H,4,9-10,19H2,1-2H3,(H,20,22);1H. The van der Waals surface area contributed by atoms with Gasteiger partial charge in [-0.05, 0) is 62.2 Å². The molecule has 2 aromatic carbocycles. The fraction of sp³-hybridized carbons (Fsp3) is 0.278. The van der Waals surface area contributed by atoms with Crippen molar-refractivity contribution in [1.29, 1.82) is 0 Å². The summed E-state index contributed by atoms with van der Waals surface area (Å²) in [6.07, 6.45) is 0.664. The molecule has 0 unspecified atom stereocenters. The molecule has 0 atom stereocenters. The first kappa shape index (κ1) is 22.0. The summed E-state index contributed by atoms with van der Waals surface area (Å²) in [5.41, 5.74) is 7.70. The van der Waals surface area contributed by atoms with Crippen LogP contribution >= 0.6 is 12.4 Å². The molecule has 0 fully saturated rings. The molecule has 2 rings (SSSR count). The quantitative estimate of drug-likeness (QED) is 0.625. The molecule has 0 heterocycles. The maximum Gasteiger partial charge on any atom is 0.262 e. The van der Waals surface area contributed by atoms with Gasteiger partial charge >= 0.3 is 0 Å². The van der Waals surface area contributed by atoms with E-state index in [1.165, 1.54) is 6.07 Å². The first-order valence-corrected chi connectivity index (χ1v) is 9.50. The van der Waals surface area contributed by atoms with E-state index in [4.69, 9.17) is 5.73 Å². The summed E-state index contributed by atoms with van der Waals surface area (Å²) >= 11 is 0. The lowest BCUT2D eigenvalue weighted by atomic mass is 10.1. The van der Waals surface area contributed by atoms with Crippen molar-refractivity contribution in [3.05, 3.63) is 59.2 Å². The van der Waals surface area contributed by atoms with Crippen LogP contribution in [0.25, 0.3) is 0 Å². The molecule has 0 saturated carbocycles. The number of halogens is 1. The van der Waals surface area contributed by atoms with Crippen LogP contribution in [0.4, 0.5) is 5.69 Å². The number of nitrogens with one attached hydrogen (secondary N) is 2. The predicted molar refractivity (Wildman–Crippen MR) is 106 cm³/mol. The Bertz CT molecular complexity index is 870. The average molecular weight is 398 g/mol. The molecule has 0 aliphatic carbocycles. The predicted octanol–water partition coefficient (Wildman–Crippen LogP) is 2.60. The van der Waals surface area contributed by atoms with Crippen LogP contribution in [0.5, 0.6) is 0 Å². The number of rotatable bonds is 7. The van der Waals surface area contributed by atoms with Crippen molar-refractivity contribution < 1.29 is 13.2 Å². The SMILES string of the molecule is Cc1cccc(NS(=O)(=O)c2cc(C(=O)NCCCN)ccc2C)c1.Cl. The van der Waals surface area contributed by atoms with E-state index in [2.05, 4.69) is 10.0 Å². The highest BCUT2D eigenvalue weighted by Crippen LogP contribution is 2.21. The van der Waals surface area contributed by atoms with E-state index in [9.17, 15) is 13.2 Å². The molecule has 2 aromatic rings. The largest absolute Gasteiger partial charge is 0.352 e. The van der Waals surface area contributed by atoms with Crippen molar-refractivity contribution in [3.63, 3.8) is 0 Å². The molecule has 142 valence electrons. The number of sulfonamides is 1. The molecule has 0 radical (unpaired) electrons. The molecule has 0 bridgehead atoms. The number of carbonyl (C=O) groups is 1. The summed E-state index contributed by atoms with van der Waals surface area (Å²) in [7, 11) is -3.79. The van der Waals surface area contributed by atoms with Crippen molar-refractivity contribution >= 4 is 34.0 Å². The third-order valence-corrected chi connectivity index (χ3v) is 5.20. The van der Waals surface area contributed by atoms with Crippen molar-refractivity contribution in [1.82, 2.24) is 5.32 Å². The van der Waals surface area contributed by atoms with Crippen LogP contribution in [-0.2, 0) is 10.0 Å². The van der Waals surface area contributed by atoms with Gasteiger partial charge in [-0.15, -0.1) is 12.4 Å². The maximum atomic E-state index is 12.7. The molecule has 8 heteroatoms. The zero-order valence-corrected chi connectivity index (χ0v) is 16.4. The third kappa shape index (κ3) is 5.72. The van der Waals surface area contributed by atoms with Crippen molar-refractivity contribution in [2.24, 2.45) is 5.73 Å². The van der Waals surface area contributed by atoms with E-state index in [1.807, 2.05) is 13.0 Å². The Balaban J connectivity index is 0.00000338. The van der Waals surface area contributed by atoms with Crippen LogP contribution in [0.15, 0.2) is 47.4 Å². The maximum absolute atomic E-state index is 12.7. The van der Waals surface area contributed by atoms with Crippen LogP contribution in [0.1, 0.15) is 27.9 Å². The number of anilines is 1. The Hall–Kier alpha value is -2.09. The molecule has 0 aliphatic rings. The van der Waals surface area contributed by atoms with Gasteiger partial charge in [0.2, 0.25) is 0 Å². The highest BCUT2D eigenvalue weighted by molar-refractivity contribution is 7.92. The van der Waals surface area contributed by atoms with E-state index in [1.54, 1.807) is 37.3 Å². The Morgan fingerprint density at radius 3 is 2.50 bits per heavy atom. The highest BCUT2D eigenvalue weighted by atomic mass is 35.5. The number of hydrogen-bond donors (Lipinski definition) is 3. The molecule has 0 spiro atoms. The molecular weight excluding hydrogens is 374 g/mol. The molecule has 0 aliphatic heterocycles. The molecule has 26 heavy (non-hydrogen) atoms. The molecule has 4 N–H and O–H groups in total. The van der Waals surface area contributed by atoms with Gasteiger partial charge in [0.25, 0.3) is 15.9 Å². The number of amides is 1. The Morgan fingerprint density at radius 1 is 1.12 bits per heavy atom. The zero-order chi connectivity index (χ0) is 18.4. The van der Waals surface area contributed by atoms with E-state index < -0.39 is 10.0 Å². The van der Waals surface area contributed by atoms with Gasteiger partial charge in [-0.1, -0.05) is 18.2 Å². The highest BCUT2D eigenvalue weighted by Gasteiger charge is 2.19. The van der Waals surface area contributed by atoms with Gasteiger partial charge in [0.1, 0.15) is 0 Å². The molecular formula is C18H24ClN3O3S. The average Bonchev–Trinajstić information content (AvgIpc) is 2.54. The van der Waals surface area contributed by atoms with Crippen LogP contribution in [-0.4, -0.2) is 27.4 Å². The number of hydrogen-bond acceptors (Lipinski definition) is 4. The molecule has 6 nitrogen and oxygen atoms in total. The Kier molecular flexibility index (Phi) is 8.08. The van der Waals surface area contributed by atoms with Gasteiger partial charge in [-0.3, -0.25) is 9.52 Å². The van der Waals surface area contributed by atoms with Crippen molar-refractivity contribution in [2.45, 2.75) is 25.2 Å². The summed E-state index contributed by atoms with van der Waals surface area (Å²) in [5, 5.41) is 2.72. The van der Waals surface area contributed by atoms with Crippen LogP contribution in [0.2, 0.25) is 0 Å². The second kappa shape index (κ2) is 9.56. The lowest BCUT2D eigenvalue weighted by molar-refractivity contribution is 0.0953. The van der Waals surface area contributed by atoms with Crippen molar-refractivity contribution in [2.75, 3.05) is 17.8 Å². The van der Waals surface area contributed by atoms with Crippen LogP contribution in [0, 0.1) is 13.8 Å². The second-order valence-electron chi connectivity index (χ2n) is 5.85. The van der Waals surface area contributed by atoms with Gasteiger partial charge in [0.15, 0.2) is 0 Å². The molecule has 0 saturated heterocycles. The van der Waals surface area contributed by atoms with E-state index in [0.717, 1.165) is 5.56 Å². The third-order valence-electron chi connectivity index (χ3n) is 3.68. The topological polar surface area (TPSA) is 101 Å². The molecule has 1 amide bonds. The summed E-state index contributed by atoms with van der Waals surface area (Å²) < 4.78 is 28.0. The minimum atomic E-state index is -3.79. The Labute approximate surface area is 160 Å². The normalized spacial score (nSPS) is 10.7. The monoisotopic (exact) mass is 397 g/mol. The Morgan fingerprint density at radius 2 is 1.85 bits per heavy atom.